The molecule has 0 aliphatic carbocycles. The second-order valence-electron chi connectivity index (χ2n) is 2.47. The van der Waals surface area contributed by atoms with Gasteiger partial charge in [-0.2, -0.15) is 0 Å². The zero-order valence-corrected chi connectivity index (χ0v) is 11.4. The third kappa shape index (κ3) is 2.16. The first-order valence-electron chi connectivity index (χ1n) is 3.59. The van der Waals surface area contributed by atoms with Crippen LogP contribution in [0.25, 0.3) is 11.4 Å². The summed E-state index contributed by atoms with van der Waals surface area (Å²) in [7, 11) is 0. The van der Waals surface area contributed by atoms with Crippen LogP contribution in [0.5, 0.6) is 0 Å². The molecule has 0 atom stereocenters. The Morgan fingerprint density at radius 2 is 2.14 bits per heavy atom. The molecule has 0 radical (unpaired) electrons. The number of hydrogen-bond donors (Lipinski definition) is 0. The minimum absolute atomic E-state index is 0.428. The molecular weight excluding hydrogens is 351 g/mol. The molecule has 0 saturated carbocycles. The molecule has 0 N–H and O–H groups in total. The summed E-state index contributed by atoms with van der Waals surface area (Å²) < 4.78 is 1.76. The predicted molar refractivity (Wildman–Crippen MR) is 65.8 cm³/mol. The Hall–Kier alpha value is 0.0300. The van der Waals surface area contributed by atoms with E-state index in [4.69, 9.17) is 11.6 Å². The molecule has 2 nitrogen and oxygen atoms in total. The molecule has 0 spiro atoms. The molecule has 2 rings (SSSR count). The van der Waals surface area contributed by atoms with Gasteiger partial charge in [-0.05, 0) is 37.9 Å². The van der Waals surface area contributed by atoms with Crippen molar-refractivity contribution >= 4 is 54.8 Å². The molecule has 0 aromatic carbocycles. The smallest absolute Gasteiger partial charge is 0.161 e. The molecular formula is C8H3Br2ClN2S. The van der Waals surface area contributed by atoms with Crippen LogP contribution < -0.4 is 0 Å². The summed E-state index contributed by atoms with van der Waals surface area (Å²) in [6.45, 7) is 0. The van der Waals surface area contributed by atoms with E-state index < -0.39 is 0 Å². The topological polar surface area (TPSA) is 25.8 Å². The molecule has 0 amide bonds. The van der Waals surface area contributed by atoms with Crippen molar-refractivity contribution in [1.29, 1.82) is 0 Å². The minimum atomic E-state index is 0.428. The maximum Gasteiger partial charge on any atom is 0.161 e. The van der Waals surface area contributed by atoms with Gasteiger partial charge in [0.15, 0.2) is 5.82 Å². The van der Waals surface area contributed by atoms with Gasteiger partial charge in [-0.25, -0.2) is 9.97 Å². The Morgan fingerprint density at radius 1 is 1.36 bits per heavy atom. The van der Waals surface area contributed by atoms with Crippen LogP contribution >= 0.6 is 54.8 Å². The average molecular weight is 354 g/mol. The van der Waals surface area contributed by atoms with Gasteiger partial charge >= 0.3 is 0 Å². The van der Waals surface area contributed by atoms with Crippen LogP contribution in [0.3, 0.4) is 0 Å². The largest absolute Gasteiger partial charge is 0.235 e. The van der Waals surface area contributed by atoms with Crippen LogP contribution in [0.15, 0.2) is 25.9 Å². The summed E-state index contributed by atoms with van der Waals surface area (Å²) in [5.74, 6) is 0.639. The van der Waals surface area contributed by atoms with Crippen LogP contribution in [-0.4, -0.2) is 9.97 Å². The molecule has 0 saturated heterocycles. The zero-order valence-electron chi connectivity index (χ0n) is 6.67. The first-order valence-corrected chi connectivity index (χ1v) is 6.43. The van der Waals surface area contributed by atoms with Gasteiger partial charge in [-0.15, -0.1) is 11.3 Å². The Kier molecular flexibility index (Phi) is 3.21. The average Bonchev–Trinajstić information content (AvgIpc) is 2.57. The quantitative estimate of drug-likeness (QED) is 0.710. The van der Waals surface area contributed by atoms with E-state index >= 15 is 0 Å². The summed E-state index contributed by atoms with van der Waals surface area (Å²) in [6, 6.07) is 1.96. The Bertz CT molecular complexity index is 472. The van der Waals surface area contributed by atoms with Crippen LogP contribution in [-0.2, 0) is 0 Å². The lowest BCUT2D eigenvalue weighted by Gasteiger charge is -1.97. The number of aromatic nitrogens is 2. The monoisotopic (exact) mass is 352 g/mol. The standard InChI is InChI=1S/C8H3Br2ClN2S/c9-5-2-12-8(13-7(5)11)4-1-6(10)14-3-4/h1-3H. The second-order valence-corrected chi connectivity index (χ2v) is 5.97. The van der Waals surface area contributed by atoms with E-state index in [0.29, 0.717) is 15.5 Å². The maximum absolute atomic E-state index is 5.86. The van der Waals surface area contributed by atoms with E-state index in [1.165, 1.54) is 0 Å². The molecule has 0 unspecified atom stereocenters. The van der Waals surface area contributed by atoms with Gasteiger partial charge in [0.1, 0.15) is 5.15 Å². The van der Waals surface area contributed by atoms with Gasteiger partial charge in [0.2, 0.25) is 0 Å². The fraction of sp³-hybridized carbons (Fsp3) is 0. The maximum atomic E-state index is 5.86. The van der Waals surface area contributed by atoms with E-state index in [2.05, 4.69) is 41.8 Å². The summed E-state index contributed by atoms with van der Waals surface area (Å²) in [5, 5.41) is 2.40. The number of rotatable bonds is 1. The zero-order chi connectivity index (χ0) is 10.1. The molecule has 0 bridgehead atoms. The summed E-state index contributed by atoms with van der Waals surface area (Å²) in [4.78, 5) is 8.32. The Balaban J connectivity index is 2.47. The van der Waals surface area contributed by atoms with E-state index in [0.717, 1.165) is 9.35 Å². The van der Waals surface area contributed by atoms with E-state index in [1.54, 1.807) is 17.5 Å². The van der Waals surface area contributed by atoms with Crippen molar-refractivity contribution < 1.29 is 0 Å². The van der Waals surface area contributed by atoms with Crippen molar-refractivity contribution in [3.05, 3.63) is 31.1 Å². The molecule has 14 heavy (non-hydrogen) atoms. The third-order valence-corrected chi connectivity index (χ3v) is 4.13. The molecule has 0 aliphatic heterocycles. The lowest BCUT2D eigenvalue weighted by atomic mass is 10.3. The van der Waals surface area contributed by atoms with Crippen molar-refractivity contribution in [1.82, 2.24) is 9.97 Å². The number of nitrogens with zero attached hydrogens (tertiary/aromatic N) is 2. The predicted octanol–water partition coefficient (Wildman–Crippen LogP) is 4.38. The highest BCUT2D eigenvalue weighted by molar-refractivity contribution is 9.11. The fourth-order valence-corrected chi connectivity index (χ4v) is 2.37. The van der Waals surface area contributed by atoms with Crippen molar-refractivity contribution in [3.8, 4) is 11.4 Å². The first-order chi connectivity index (χ1) is 6.66. The molecule has 72 valence electrons. The molecule has 0 aliphatic rings. The van der Waals surface area contributed by atoms with E-state index in [-0.39, 0.29) is 0 Å². The van der Waals surface area contributed by atoms with Crippen LogP contribution in [0.2, 0.25) is 5.15 Å². The van der Waals surface area contributed by atoms with Crippen LogP contribution in [0.4, 0.5) is 0 Å². The van der Waals surface area contributed by atoms with Crippen molar-refractivity contribution in [2.75, 3.05) is 0 Å². The number of thiophene rings is 1. The Labute approximate surface area is 107 Å². The SMILES string of the molecule is Clc1nc(-c2csc(Br)c2)ncc1Br. The normalized spacial score (nSPS) is 10.5. The van der Waals surface area contributed by atoms with Gasteiger partial charge in [0.25, 0.3) is 0 Å². The van der Waals surface area contributed by atoms with E-state index in [1.807, 2.05) is 11.4 Å². The number of halogens is 3. The van der Waals surface area contributed by atoms with E-state index in [9.17, 15) is 0 Å². The first kappa shape index (κ1) is 10.5. The van der Waals surface area contributed by atoms with Gasteiger partial charge < -0.3 is 0 Å². The lowest BCUT2D eigenvalue weighted by Crippen LogP contribution is -1.87. The van der Waals surface area contributed by atoms with Gasteiger partial charge in [0, 0.05) is 17.1 Å². The highest BCUT2D eigenvalue weighted by Gasteiger charge is 2.06. The highest BCUT2D eigenvalue weighted by Crippen LogP contribution is 2.28. The second kappa shape index (κ2) is 4.26. The highest BCUT2D eigenvalue weighted by atomic mass is 79.9. The molecule has 2 heterocycles. The molecule has 6 heteroatoms. The van der Waals surface area contributed by atoms with Crippen LogP contribution in [0.1, 0.15) is 0 Å². The fourth-order valence-electron chi connectivity index (χ4n) is 0.913. The van der Waals surface area contributed by atoms with Gasteiger partial charge in [-0.3, -0.25) is 0 Å². The number of hydrogen-bond acceptors (Lipinski definition) is 3. The van der Waals surface area contributed by atoms with Gasteiger partial charge in [0.05, 0.1) is 8.26 Å². The van der Waals surface area contributed by atoms with Crippen LogP contribution in [0, 0.1) is 0 Å². The third-order valence-electron chi connectivity index (χ3n) is 1.53. The molecule has 2 aromatic rings. The lowest BCUT2D eigenvalue weighted by molar-refractivity contribution is 1.16. The molecule has 0 fully saturated rings. The van der Waals surface area contributed by atoms with Crippen molar-refractivity contribution in [3.63, 3.8) is 0 Å². The van der Waals surface area contributed by atoms with Crippen molar-refractivity contribution in [2.24, 2.45) is 0 Å². The Morgan fingerprint density at radius 3 is 2.71 bits per heavy atom. The van der Waals surface area contributed by atoms with Crippen molar-refractivity contribution in [2.45, 2.75) is 0 Å². The summed E-state index contributed by atoms with van der Waals surface area (Å²) >= 11 is 14.1. The molecule has 2 aromatic heterocycles. The minimum Gasteiger partial charge on any atom is -0.235 e. The van der Waals surface area contributed by atoms with Gasteiger partial charge in [-0.1, -0.05) is 11.6 Å². The summed E-state index contributed by atoms with van der Waals surface area (Å²) in [6.07, 6.45) is 1.65. The summed E-state index contributed by atoms with van der Waals surface area (Å²) in [5.41, 5.74) is 0.969.